The molecule has 0 bridgehead atoms. The van der Waals surface area contributed by atoms with Crippen LogP contribution in [-0.4, -0.2) is 16.5 Å². The SMILES string of the molecule is CC(C)Nc1ccccc1N(O)O. The number of anilines is 2. The summed E-state index contributed by atoms with van der Waals surface area (Å²) in [6.45, 7) is 3.96. The third-order valence-corrected chi connectivity index (χ3v) is 1.56. The smallest absolute Gasteiger partial charge is 0.117 e. The Bertz CT molecular complexity index is 274. The first-order chi connectivity index (χ1) is 6.11. The van der Waals surface area contributed by atoms with Gasteiger partial charge in [0, 0.05) is 6.04 Å². The van der Waals surface area contributed by atoms with Crippen molar-refractivity contribution in [2.75, 3.05) is 10.5 Å². The number of hydrogen-bond donors (Lipinski definition) is 3. The maximum absolute atomic E-state index is 8.87. The van der Waals surface area contributed by atoms with Gasteiger partial charge in [0.2, 0.25) is 0 Å². The van der Waals surface area contributed by atoms with Crippen molar-refractivity contribution in [3.8, 4) is 0 Å². The molecule has 0 heterocycles. The minimum atomic E-state index is 0.116. The lowest BCUT2D eigenvalue weighted by Gasteiger charge is -2.16. The van der Waals surface area contributed by atoms with E-state index in [1.807, 2.05) is 19.9 Å². The molecule has 0 unspecified atom stereocenters. The molecule has 0 aliphatic heterocycles. The Morgan fingerprint density at radius 2 is 1.85 bits per heavy atom. The lowest BCUT2D eigenvalue weighted by atomic mass is 10.2. The van der Waals surface area contributed by atoms with Crippen molar-refractivity contribution in [3.63, 3.8) is 0 Å². The van der Waals surface area contributed by atoms with Crippen LogP contribution in [0.15, 0.2) is 24.3 Å². The maximum Gasteiger partial charge on any atom is 0.117 e. The molecule has 0 amide bonds. The van der Waals surface area contributed by atoms with E-state index in [9.17, 15) is 0 Å². The van der Waals surface area contributed by atoms with Gasteiger partial charge in [-0.1, -0.05) is 12.1 Å². The Labute approximate surface area is 77.3 Å². The molecule has 0 atom stereocenters. The van der Waals surface area contributed by atoms with Gasteiger partial charge in [-0.2, -0.15) is 0 Å². The van der Waals surface area contributed by atoms with Gasteiger partial charge in [-0.05, 0) is 26.0 Å². The molecule has 1 aromatic carbocycles. The van der Waals surface area contributed by atoms with Gasteiger partial charge in [0.1, 0.15) is 5.69 Å². The van der Waals surface area contributed by atoms with Crippen LogP contribution in [0.2, 0.25) is 0 Å². The first kappa shape index (κ1) is 9.83. The summed E-state index contributed by atoms with van der Waals surface area (Å²) in [6.07, 6.45) is 0. The van der Waals surface area contributed by atoms with Gasteiger partial charge in [-0.15, -0.1) is 5.23 Å². The first-order valence-electron chi connectivity index (χ1n) is 4.14. The van der Waals surface area contributed by atoms with E-state index >= 15 is 0 Å². The second-order valence-corrected chi connectivity index (χ2v) is 3.11. The highest BCUT2D eigenvalue weighted by Crippen LogP contribution is 2.23. The third kappa shape index (κ3) is 2.61. The number of benzene rings is 1. The molecule has 0 saturated carbocycles. The zero-order chi connectivity index (χ0) is 9.84. The number of nitrogens with one attached hydrogen (secondary N) is 1. The standard InChI is InChI=1S/C9H14N2O2/c1-7(2)10-8-5-3-4-6-9(8)11(12)13/h3-7,10,12-13H,1-2H3. The van der Waals surface area contributed by atoms with Crippen LogP contribution in [0.4, 0.5) is 11.4 Å². The molecule has 4 nitrogen and oxygen atoms in total. The zero-order valence-corrected chi connectivity index (χ0v) is 7.73. The van der Waals surface area contributed by atoms with Gasteiger partial charge >= 0.3 is 0 Å². The summed E-state index contributed by atoms with van der Waals surface area (Å²) in [5.74, 6) is 0. The Balaban J connectivity index is 2.91. The van der Waals surface area contributed by atoms with Gasteiger partial charge in [0.25, 0.3) is 0 Å². The number of para-hydroxylation sites is 2. The zero-order valence-electron chi connectivity index (χ0n) is 7.73. The molecule has 1 aromatic rings. The molecule has 13 heavy (non-hydrogen) atoms. The summed E-state index contributed by atoms with van der Waals surface area (Å²) in [4.78, 5) is 0. The number of nitrogens with zero attached hydrogens (tertiary/aromatic N) is 1. The monoisotopic (exact) mass is 182 g/mol. The Kier molecular flexibility index (Phi) is 3.11. The second kappa shape index (κ2) is 4.11. The normalized spacial score (nSPS) is 10.2. The average molecular weight is 182 g/mol. The molecule has 0 aliphatic carbocycles. The van der Waals surface area contributed by atoms with E-state index in [-0.39, 0.29) is 11.3 Å². The van der Waals surface area contributed by atoms with E-state index in [0.717, 1.165) is 0 Å². The summed E-state index contributed by atoms with van der Waals surface area (Å²) in [5.41, 5.74) is 1.04. The maximum atomic E-state index is 8.87. The number of rotatable bonds is 3. The molecule has 0 spiro atoms. The molecular formula is C9H14N2O2. The highest BCUT2D eigenvalue weighted by atomic mass is 16.8. The van der Waals surface area contributed by atoms with Crippen molar-refractivity contribution in [2.45, 2.75) is 19.9 Å². The van der Waals surface area contributed by atoms with Crippen molar-refractivity contribution in [2.24, 2.45) is 0 Å². The molecule has 3 N–H and O–H groups in total. The van der Waals surface area contributed by atoms with E-state index < -0.39 is 0 Å². The Morgan fingerprint density at radius 1 is 1.23 bits per heavy atom. The summed E-state index contributed by atoms with van der Waals surface area (Å²) in [5, 5.41) is 20.9. The van der Waals surface area contributed by atoms with Gasteiger partial charge in [0.05, 0.1) is 5.69 Å². The third-order valence-electron chi connectivity index (χ3n) is 1.56. The van der Waals surface area contributed by atoms with Gasteiger partial charge in [-0.3, -0.25) is 10.4 Å². The summed E-state index contributed by atoms with van der Waals surface area (Å²) < 4.78 is 0. The summed E-state index contributed by atoms with van der Waals surface area (Å²) >= 11 is 0. The quantitative estimate of drug-likeness (QED) is 0.626. The van der Waals surface area contributed by atoms with E-state index in [4.69, 9.17) is 10.4 Å². The molecule has 0 aliphatic rings. The molecule has 0 fully saturated rings. The highest BCUT2D eigenvalue weighted by Gasteiger charge is 2.06. The van der Waals surface area contributed by atoms with Crippen LogP contribution in [0.3, 0.4) is 0 Å². The van der Waals surface area contributed by atoms with Crippen LogP contribution in [-0.2, 0) is 0 Å². The molecular weight excluding hydrogens is 168 g/mol. The lowest BCUT2D eigenvalue weighted by Crippen LogP contribution is -2.16. The highest BCUT2D eigenvalue weighted by molar-refractivity contribution is 5.67. The van der Waals surface area contributed by atoms with Gasteiger partial charge in [-0.25, -0.2) is 0 Å². The van der Waals surface area contributed by atoms with Crippen LogP contribution in [0.1, 0.15) is 13.8 Å². The van der Waals surface area contributed by atoms with E-state index in [0.29, 0.717) is 11.4 Å². The van der Waals surface area contributed by atoms with Crippen molar-refractivity contribution in [3.05, 3.63) is 24.3 Å². The van der Waals surface area contributed by atoms with Gasteiger partial charge < -0.3 is 5.32 Å². The fraction of sp³-hybridized carbons (Fsp3) is 0.333. The van der Waals surface area contributed by atoms with Crippen LogP contribution in [0, 0.1) is 0 Å². The fourth-order valence-corrected chi connectivity index (χ4v) is 1.08. The van der Waals surface area contributed by atoms with E-state index in [1.165, 1.54) is 0 Å². The van der Waals surface area contributed by atoms with Gasteiger partial charge in [0.15, 0.2) is 0 Å². The molecule has 1 rings (SSSR count). The summed E-state index contributed by atoms with van der Waals surface area (Å²) in [7, 11) is 0. The molecule has 0 saturated heterocycles. The van der Waals surface area contributed by atoms with Crippen LogP contribution in [0.5, 0.6) is 0 Å². The van der Waals surface area contributed by atoms with E-state index in [1.54, 1.807) is 18.2 Å². The predicted octanol–water partition coefficient (Wildman–Crippen LogP) is 2.09. The molecule has 0 aromatic heterocycles. The minimum Gasteiger partial charge on any atom is -0.381 e. The first-order valence-corrected chi connectivity index (χ1v) is 4.14. The second-order valence-electron chi connectivity index (χ2n) is 3.11. The van der Waals surface area contributed by atoms with Crippen molar-refractivity contribution in [1.29, 1.82) is 0 Å². The Hall–Kier alpha value is -1.26. The van der Waals surface area contributed by atoms with Crippen molar-refractivity contribution >= 4 is 11.4 Å². The largest absolute Gasteiger partial charge is 0.381 e. The predicted molar refractivity (Wildman–Crippen MR) is 51.3 cm³/mol. The molecule has 72 valence electrons. The molecule has 4 heteroatoms. The molecule has 0 radical (unpaired) electrons. The number of hydrogen-bond acceptors (Lipinski definition) is 4. The Morgan fingerprint density at radius 3 is 2.38 bits per heavy atom. The topological polar surface area (TPSA) is 55.7 Å². The lowest BCUT2D eigenvalue weighted by molar-refractivity contribution is 0.0295. The summed E-state index contributed by atoms with van der Waals surface area (Å²) in [6, 6.07) is 7.22. The fourth-order valence-electron chi connectivity index (χ4n) is 1.08. The minimum absolute atomic E-state index is 0.116. The van der Waals surface area contributed by atoms with Crippen molar-refractivity contribution in [1.82, 2.24) is 0 Å². The van der Waals surface area contributed by atoms with Crippen LogP contribution in [0.25, 0.3) is 0 Å². The van der Waals surface area contributed by atoms with Crippen molar-refractivity contribution < 1.29 is 10.4 Å². The van der Waals surface area contributed by atoms with E-state index in [2.05, 4.69) is 5.32 Å². The average Bonchev–Trinajstić information content (AvgIpc) is 2.03. The van der Waals surface area contributed by atoms with Crippen LogP contribution >= 0.6 is 0 Å². The van der Waals surface area contributed by atoms with Crippen LogP contribution < -0.4 is 10.5 Å².